The Morgan fingerprint density at radius 1 is 1.58 bits per heavy atom. The molecule has 1 saturated heterocycles. The predicted octanol–water partition coefficient (Wildman–Crippen LogP) is 2.10. The molecule has 1 heterocycles. The molecular formula is C10H15O2. The summed E-state index contributed by atoms with van der Waals surface area (Å²) in [5.41, 5.74) is 0. The zero-order chi connectivity index (χ0) is 8.97. The lowest BCUT2D eigenvalue weighted by molar-refractivity contribution is -0.139. The molecule has 0 bridgehead atoms. The van der Waals surface area contributed by atoms with Crippen molar-refractivity contribution in [1.29, 1.82) is 0 Å². The Morgan fingerprint density at radius 3 is 2.83 bits per heavy atom. The Hall–Kier alpha value is -0.530. The molecule has 12 heavy (non-hydrogen) atoms. The second-order valence-electron chi connectivity index (χ2n) is 3.13. The van der Waals surface area contributed by atoms with Crippen molar-refractivity contribution in [3.05, 3.63) is 19.3 Å². The Labute approximate surface area is 74.3 Å². The van der Waals surface area contributed by atoms with E-state index in [0.29, 0.717) is 5.92 Å². The van der Waals surface area contributed by atoms with Crippen LogP contribution in [0.3, 0.4) is 0 Å². The van der Waals surface area contributed by atoms with Crippen molar-refractivity contribution in [2.45, 2.75) is 38.7 Å². The van der Waals surface area contributed by atoms with Crippen molar-refractivity contribution < 1.29 is 9.53 Å². The molecule has 0 saturated carbocycles. The Bertz CT molecular complexity index is 154. The molecule has 3 radical (unpaired) electrons. The standard InChI is InChI=1S/C10H15O2/c1-3-4-5-6-9-7-8(2)10(11)12-9/h7,9H,2-6H2,1H3/t9-/m0/s1. The number of hydrogen-bond donors (Lipinski definition) is 0. The lowest BCUT2D eigenvalue weighted by atomic mass is 10.0. The summed E-state index contributed by atoms with van der Waals surface area (Å²) in [6.45, 7) is 5.74. The second kappa shape index (κ2) is 4.48. The number of ether oxygens (including phenoxy) is 1. The molecule has 1 atom stereocenters. The smallest absolute Gasteiger partial charge is 0.313 e. The molecule has 0 aromatic heterocycles. The molecule has 1 fully saturated rings. The highest BCUT2D eigenvalue weighted by molar-refractivity contribution is 5.90. The Kier molecular flexibility index (Phi) is 3.57. The van der Waals surface area contributed by atoms with Crippen molar-refractivity contribution in [3.8, 4) is 0 Å². The third kappa shape index (κ3) is 2.50. The van der Waals surface area contributed by atoms with Gasteiger partial charge in [-0.3, -0.25) is 4.79 Å². The van der Waals surface area contributed by atoms with Gasteiger partial charge in [0.25, 0.3) is 0 Å². The summed E-state index contributed by atoms with van der Waals surface area (Å²) in [5, 5.41) is 0. The number of carbonyl (C=O) groups excluding carboxylic acids is 1. The van der Waals surface area contributed by atoms with E-state index in [1.807, 2.05) is 6.42 Å². The van der Waals surface area contributed by atoms with Crippen LogP contribution < -0.4 is 0 Å². The largest absolute Gasteiger partial charge is 0.462 e. The first-order valence-corrected chi connectivity index (χ1v) is 4.48. The third-order valence-corrected chi connectivity index (χ3v) is 2.00. The number of unbranched alkanes of at least 4 members (excludes halogenated alkanes) is 2. The fraction of sp³-hybridized carbons (Fsp3) is 0.600. The summed E-state index contributed by atoms with van der Waals surface area (Å²) in [5.74, 6) is 0.257. The average molecular weight is 167 g/mol. The van der Waals surface area contributed by atoms with E-state index in [9.17, 15) is 4.79 Å². The fourth-order valence-corrected chi connectivity index (χ4v) is 1.28. The summed E-state index contributed by atoms with van der Waals surface area (Å²) in [6.07, 6.45) is 6.28. The summed E-state index contributed by atoms with van der Waals surface area (Å²) in [4.78, 5) is 10.9. The van der Waals surface area contributed by atoms with Crippen LogP contribution in [0.4, 0.5) is 0 Å². The molecule has 1 aliphatic heterocycles. The molecule has 0 N–H and O–H groups in total. The molecule has 0 amide bonds. The van der Waals surface area contributed by atoms with E-state index in [1.165, 1.54) is 12.8 Å². The van der Waals surface area contributed by atoms with Crippen LogP contribution in [0, 0.1) is 19.3 Å². The minimum Gasteiger partial charge on any atom is -0.462 e. The minimum atomic E-state index is -0.253. The maximum absolute atomic E-state index is 10.9. The van der Waals surface area contributed by atoms with E-state index in [0.717, 1.165) is 12.8 Å². The quantitative estimate of drug-likeness (QED) is 0.473. The SMILES string of the molecule is [CH2][C]1[CH][C@H](CCCCC)OC1=O. The van der Waals surface area contributed by atoms with E-state index < -0.39 is 0 Å². The Morgan fingerprint density at radius 2 is 2.33 bits per heavy atom. The maximum atomic E-state index is 10.9. The van der Waals surface area contributed by atoms with Crippen LogP contribution in [-0.4, -0.2) is 12.1 Å². The van der Waals surface area contributed by atoms with Crippen molar-refractivity contribution >= 4 is 5.97 Å². The van der Waals surface area contributed by atoms with Crippen molar-refractivity contribution in [3.63, 3.8) is 0 Å². The average Bonchev–Trinajstić information content (AvgIpc) is 2.32. The van der Waals surface area contributed by atoms with Crippen molar-refractivity contribution in [1.82, 2.24) is 0 Å². The van der Waals surface area contributed by atoms with Crippen LogP contribution in [0.25, 0.3) is 0 Å². The van der Waals surface area contributed by atoms with Crippen LogP contribution in [0.1, 0.15) is 32.6 Å². The van der Waals surface area contributed by atoms with Gasteiger partial charge in [0.1, 0.15) is 6.10 Å². The topological polar surface area (TPSA) is 26.3 Å². The van der Waals surface area contributed by atoms with Gasteiger partial charge in [-0.25, -0.2) is 0 Å². The van der Waals surface area contributed by atoms with Gasteiger partial charge in [-0.15, -0.1) is 0 Å². The monoisotopic (exact) mass is 167 g/mol. The second-order valence-corrected chi connectivity index (χ2v) is 3.13. The number of esters is 1. The minimum absolute atomic E-state index is 0.00319. The summed E-state index contributed by atoms with van der Waals surface area (Å²) >= 11 is 0. The highest BCUT2D eigenvalue weighted by atomic mass is 16.5. The molecule has 1 aliphatic rings. The number of carbonyl (C=O) groups is 1. The molecule has 2 nitrogen and oxygen atoms in total. The normalized spacial score (nSPS) is 24.5. The summed E-state index contributed by atoms with van der Waals surface area (Å²) < 4.78 is 5.03. The first-order chi connectivity index (χ1) is 5.74. The number of rotatable bonds is 4. The molecule has 0 aliphatic carbocycles. The highest BCUT2D eigenvalue weighted by Gasteiger charge is 2.31. The Balaban J connectivity index is 2.14. The van der Waals surface area contributed by atoms with E-state index in [1.54, 1.807) is 0 Å². The number of cyclic esters (lactones) is 1. The molecule has 2 heteroatoms. The molecule has 0 aromatic rings. The maximum Gasteiger partial charge on any atom is 0.313 e. The van der Waals surface area contributed by atoms with Crippen LogP contribution in [-0.2, 0) is 9.53 Å². The van der Waals surface area contributed by atoms with Crippen molar-refractivity contribution in [2.24, 2.45) is 0 Å². The van der Waals surface area contributed by atoms with Gasteiger partial charge in [0.05, 0.1) is 5.92 Å². The third-order valence-electron chi connectivity index (χ3n) is 2.00. The zero-order valence-corrected chi connectivity index (χ0v) is 7.51. The van der Waals surface area contributed by atoms with Gasteiger partial charge in [0, 0.05) is 6.42 Å². The fourth-order valence-electron chi connectivity index (χ4n) is 1.28. The van der Waals surface area contributed by atoms with Crippen LogP contribution in [0.5, 0.6) is 0 Å². The van der Waals surface area contributed by atoms with Gasteiger partial charge in [-0.2, -0.15) is 0 Å². The van der Waals surface area contributed by atoms with Crippen LogP contribution in [0.2, 0.25) is 0 Å². The van der Waals surface area contributed by atoms with Gasteiger partial charge in [-0.05, 0) is 19.8 Å². The predicted molar refractivity (Wildman–Crippen MR) is 46.9 cm³/mol. The van der Waals surface area contributed by atoms with Gasteiger partial charge in [0.15, 0.2) is 0 Å². The van der Waals surface area contributed by atoms with Crippen LogP contribution >= 0.6 is 0 Å². The van der Waals surface area contributed by atoms with Gasteiger partial charge >= 0.3 is 5.97 Å². The molecule has 0 aromatic carbocycles. The first kappa shape index (κ1) is 9.56. The molecule has 67 valence electrons. The summed E-state index contributed by atoms with van der Waals surface area (Å²) in [7, 11) is 0. The first-order valence-electron chi connectivity index (χ1n) is 4.48. The molecule has 0 unspecified atom stereocenters. The van der Waals surface area contributed by atoms with Gasteiger partial charge in [0.2, 0.25) is 0 Å². The number of hydrogen-bond acceptors (Lipinski definition) is 2. The van der Waals surface area contributed by atoms with E-state index in [2.05, 4.69) is 13.8 Å². The van der Waals surface area contributed by atoms with E-state index in [4.69, 9.17) is 4.74 Å². The summed E-state index contributed by atoms with van der Waals surface area (Å²) in [6, 6.07) is 0. The molecule has 1 rings (SSSR count). The van der Waals surface area contributed by atoms with Crippen LogP contribution in [0.15, 0.2) is 0 Å². The lowest BCUT2D eigenvalue weighted by Crippen LogP contribution is -2.06. The lowest BCUT2D eigenvalue weighted by Gasteiger charge is -2.06. The van der Waals surface area contributed by atoms with Gasteiger partial charge in [-0.1, -0.05) is 19.8 Å². The zero-order valence-electron chi connectivity index (χ0n) is 7.51. The highest BCUT2D eigenvalue weighted by Crippen LogP contribution is 2.24. The van der Waals surface area contributed by atoms with Crippen molar-refractivity contribution in [2.75, 3.05) is 0 Å². The van der Waals surface area contributed by atoms with E-state index in [-0.39, 0.29) is 12.1 Å². The molecule has 0 spiro atoms. The van der Waals surface area contributed by atoms with Gasteiger partial charge < -0.3 is 4.74 Å². The molecular weight excluding hydrogens is 152 g/mol. The van der Waals surface area contributed by atoms with E-state index >= 15 is 0 Å².